The van der Waals surface area contributed by atoms with Crippen LogP contribution in [0.4, 0.5) is 4.39 Å². The molecule has 0 bridgehead atoms. The first-order chi connectivity index (χ1) is 14.2. The van der Waals surface area contributed by atoms with E-state index in [1.54, 1.807) is 12.3 Å². The molecule has 0 radical (unpaired) electrons. The van der Waals surface area contributed by atoms with Gasteiger partial charge in [-0.15, -0.1) is 0 Å². The average Bonchev–Trinajstić information content (AvgIpc) is 3.39. The number of nitrogens with zero attached hydrogens (tertiary/aromatic N) is 2. The summed E-state index contributed by atoms with van der Waals surface area (Å²) in [6.07, 6.45) is 7.94. The molecule has 0 atom stereocenters. The third-order valence-corrected chi connectivity index (χ3v) is 5.90. The van der Waals surface area contributed by atoms with Gasteiger partial charge in [0.1, 0.15) is 11.6 Å². The molecule has 1 heterocycles. The highest BCUT2D eigenvalue weighted by Crippen LogP contribution is 2.41. The van der Waals surface area contributed by atoms with Crippen molar-refractivity contribution < 1.29 is 9.18 Å². The van der Waals surface area contributed by atoms with Crippen LogP contribution in [-0.4, -0.2) is 22.0 Å². The molecule has 1 aliphatic rings. The maximum absolute atomic E-state index is 13.8. The van der Waals surface area contributed by atoms with Crippen LogP contribution in [0.5, 0.6) is 0 Å². The van der Waals surface area contributed by atoms with Crippen molar-refractivity contribution in [2.75, 3.05) is 6.54 Å². The molecule has 1 aliphatic carbocycles. The number of carbonyl (C=O) groups is 1. The highest BCUT2D eigenvalue weighted by molar-refractivity contribution is 5.88. The predicted octanol–water partition coefficient (Wildman–Crippen LogP) is 4.24. The number of rotatable bonds is 7. The van der Waals surface area contributed by atoms with E-state index < -0.39 is 5.41 Å². The van der Waals surface area contributed by atoms with Gasteiger partial charge in [-0.3, -0.25) is 4.79 Å². The van der Waals surface area contributed by atoms with E-state index in [9.17, 15) is 9.18 Å². The quantitative estimate of drug-likeness (QED) is 0.655. The highest BCUT2D eigenvalue weighted by Gasteiger charge is 2.42. The molecule has 150 valence electrons. The van der Waals surface area contributed by atoms with Crippen LogP contribution >= 0.6 is 0 Å². The van der Waals surface area contributed by atoms with Crippen LogP contribution in [0.2, 0.25) is 0 Å². The zero-order chi connectivity index (χ0) is 20.1. The van der Waals surface area contributed by atoms with Gasteiger partial charge in [0.05, 0.1) is 5.41 Å². The van der Waals surface area contributed by atoms with E-state index >= 15 is 0 Å². The van der Waals surface area contributed by atoms with Gasteiger partial charge >= 0.3 is 0 Å². The standard InChI is InChI=1S/C24H26FN3O/c25-21-10-6-9-20(17-21)24(12-4-5-13-24)23(29)27-14-11-22-26-15-16-28(22)18-19-7-2-1-3-8-19/h1-3,6-10,15-17H,4-5,11-14,18H2,(H,27,29). The van der Waals surface area contributed by atoms with E-state index in [0.717, 1.165) is 43.6 Å². The summed E-state index contributed by atoms with van der Waals surface area (Å²) in [5.41, 5.74) is 1.39. The maximum atomic E-state index is 13.8. The third kappa shape index (κ3) is 4.24. The molecule has 29 heavy (non-hydrogen) atoms. The van der Waals surface area contributed by atoms with Crippen LogP contribution in [0.3, 0.4) is 0 Å². The summed E-state index contributed by atoms with van der Waals surface area (Å²) in [4.78, 5) is 17.6. The Labute approximate surface area is 170 Å². The van der Waals surface area contributed by atoms with Crippen molar-refractivity contribution in [3.8, 4) is 0 Å². The molecule has 5 heteroatoms. The number of hydrogen-bond donors (Lipinski definition) is 1. The van der Waals surface area contributed by atoms with Gasteiger partial charge in [0.15, 0.2) is 0 Å². The van der Waals surface area contributed by atoms with E-state index in [1.807, 2.05) is 30.5 Å². The van der Waals surface area contributed by atoms with Crippen LogP contribution in [0.25, 0.3) is 0 Å². The Morgan fingerprint density at radius 1 is 1.10 bits per heavy atom. The lowest BCUT2D eigenvalue weighted by atomic mass is 9.78. The number of aromatic nitrogens is 2. The second kappa shape index (κ2) is 8.60. The van der Waals surface area contributed by atoms with Gasteiger partial charge in [-0.25, -0.2) is 9.37 Å². The zero-order valence-electron chi connectivity index (χ0n) is 16.5. The molecule has 0 saturated heterocycles. The minimum absolute atomic E-state index is 0.00163. The molecule has 3 aromatic rings. The molecule has 1 amide bonds. The number of amides is 1. The summed E-state index contributed by atoms with van der Waals surface area (Å²) < 4.78 is 15.9. The number of hydrogen-bond acceptors (Lipinski definition) is 2. The van der Waals surface area contributed by atoms with Gasteiger partial charge < -0.3 is 9.88 Å². The third-order valence-electron chi connectivity index (χ3n) is 5.90. The number of benzene rings is 2. The Kier molecular flexibility index (Phi) is 5.74. The van der Waals surface area contributed by atoms with Gasteiger partial charge in [0.2, 0.25) is 5.91 Å². The van der Waals surface area contributed by atoms with Gasteiger partial charge in [-0.05, 0) is 36.1 Å². The lowest BCUT2D eigenvalue weighted by Crippen LogP contribution is -2.43. The van der Waals surface area contributed by atoms with E-state index in [2.05, 4.69) is 27.0 Å². The van der Waals surface area contributed by atoms with Crippen LogP contribution in [0, 0.1) is 5.82 Å². The number of nitrogens with one attached hydrogen (secondary N) is 1. The zero-order valence-corrected chi connectivity index (χ0v) is 16.5. The van der Waals surface area contributed by atoms with Crippen LogP contribution in [0.1, 0.15) is 42.6 Å². The van der Waals surface area contributed by atoms with E-state index in [4.69, 9.17) is 0 Å². The Balaban J connectivity index is 1.40. The van der Waals surface area contributed by atoms with Crippen molar-refractivity contribution in [3.05, 3.63) is 89.8 Å². The van der Waals surface area contributed by atoms with E-state index in [-0.39, 0.29) is 11.7 Å². The average molecular weight is 391 g/mol. The first kappa shape index (κ1) is 19.4. The van der Waals surface area contributed by atoms with Crippen LogP contribution < -0.4 is 5.32 Å². The Hall–Kier alpha value is -2.95. The molecular formula is C24H26FN3O. The summed E-state index contributed by atoms with van der Waals surface area (Å²) in [6.45, 7) is 1.28. The fourth-order valence-corrected chi connectivity index (χ4v) is 4.36. The fraction of sp³-hybridized carbons (Fsp3) is 0.333. The minimum Gasteiger partial charge on any atom is -0.355 e. The molecule has 0 spiro atoms. The second-order valence-corrected chi connectivity index (χ2v) is 7.76. The smallest absolute Gasteiger partial charge is 0.230 e. The van der Waals surface area contributed by atoms with Crippen molar-refractivity contribution in [3.63, 3.8) is 0 Å². The summed E-state index contributed by atoms with van der Waals surface area (Å²) >= 11 is 0. The normalized spacial score (nSPS) is 15.3. The minimum atomic E-state index is -0.610. The lowest BCUT2D eigenvalue weighted by Gasteiger charge is -2.28. The van der Waals surface area contributed by atoms with Gasteiger partial charge in [-0.2, -0.15) is 0 Å². The molecule has 4 rings (SSSR count). The van der Waals surface area contributed by atoms with Gasteiger partial charge in [0.25, 0.3) is 0 Å². The summed E-state index contributed by atoms with van der Waals surface area (Å²) in [5.74, 6) is 0.659. The molecule has 0 unspecified atom stereocenters. The van der Waals surface area contributed by atoms with Crippen molar-refractivity contribution in [2.24, 2.45) is 0 Å². The van der Waals surface area contributed by atoms with E-state index in [1.165, 1.54) is 17.7 Å². The Morgan fingerprint density at radius 3 is 2.66 bits per heavy atom. The van der Waals surface area contributed by atoms with Crippen LogP contribution in [0.15, 0.2) is 67.0 Å². The van der Waals surface area contributed by atoms with E-state index in [0.29, 0.717) is 13.0 Å². The first-order valence-corrected chi connectivity index (χ1v) is 10.3. The van der Waals surface area contributed by atoms with Crippen molar-refractivity contribution in [1.82, 2.24) is 14.9 Å². The molecular weight excluding hydrogens is 365 g/mol. The van der Waals surface area contributed by atoms with Crippen LogP contribution in [-0.2, 0) is 23.2 Å². The molecule has 4 nitrogen and oxygen atoms in total. The topological polar surface area (TPSA) is 46.9 Å². The SMILES string of the molecule is O=C(NCCc1nccn1Cc1ccccc1)C1(c2cccc(F)c2)CCCC1. The largest absolute Gasteiger partial charge is 0.355 e. The number of carbonyl (C=O) groups excluding carboxylic acids is 1. The monoisotopic (exact) mass is 391 g/mol. The first-order valence-electron chi connectivity index (χ1n) is 10.3. The summed E-state index contributed by atoms with van der Waals surface area (Å²) in [6, 6.07) is 16.8. The molecule has 1 fully saturated rings. The van der Waals surface area contributed by atoms with Crippen molar-refractivity contribution in [1.29, 1.82) is 0 Å². The lowest BCUT2D eigenvalue weighted by molar-refractivity contribution is -0.126. The van der Waals surface area contributed by atoms with Crippen molar-refractivity contribution in [2.45, 2.75) is 44.1 Å². The molecule has 1 N–H and O–H groups in total. The van der Waals surface area contributed by atoms with Gasteiger partial charge in [-0.1, -0.05) is 55.3 Å². The Morgan fingerprint density at radius 2 is 1.90 bits per heavy atom. The maximum Gasteiger partial charge on any atom is 0.230 e. The molecule has 1 aromatic heterocycles. The number of halogens is 1. The highest BCUT2D eigenvalue weighted by atomic mass is 19.1. The fourth-order valence-electron chi connectivity index (χ4n) is 4.36. The predicted molar refractivity (Wildman–Crippen MR) is 111 cm³/mol. The summed E-state index contributed by atoms with van der Waals surface area (Å²) in [7, 11) is 0. The number of imidazole rings is 1. The Bertz CT molecular complexity index is 961. The van der Waals surface area contributed by atoms with Crippen molar-refractivity contribution >= 4 is 5.91 Å². The molecule has 0 aliphatic heterocycles. The van der Waals surface area contributed by atoms with Gasteiger partial charge in [0, 0.05) is 31.9 Å². The molecule has 1 saturated carbocycles. The second-order valence-electron chi connectivity index (χ2n) is 7.76. The summed E-state index contributed by atoms with van der Waals surface area (Å²) in [5, 5.41) is 3.10. The molecule has 2 aromatic carbocycles.